The van der Waals surface area contributed by atoms with Gasteiger partial charge in [-0.2, -0.15) is 0 Å². The van der Waals surface area contributed by atoms with Gasteiger partial charge in [-0.15, -0.1) is 0 Å². The molecule has 0 aromatic heterocycles. The number of esters is 3. The number of nitrogens with one attached hydrogen (secondary N) is 2. The maximum absolute atomic E-state index is 15.0. The third kappa shape index (κ3) is 27.2. The molecule has 1 unspecified atom stereocenters. The largest absolute Gasteiger partial charge is 0.568 e. The smallest absolute Gasteiger partial charge is 0.507 e. The molecule has 6 aromatic carbocycles. The van der Waals surface area contributed by atoms with Gasteiger partial charge in [-0.1, -0.05) is 308 Å². The summed E-state index contributed by atoms with van der Waals surface area (Å²) in [6, 6.07) is 22.6. The van der Waals surface area contributed by atoms with E-state index in [1.165, 1.54) is 0 Å². The first-order valence-corrected chi connectivity index (χ1v) is 43.5. The maximum atomic E-state index is 15.0. The van der Waals surface area contributed by atoms with E-state index in [1.807, 2.05) is 294 Å². The van der Waals surface area contributed by atoms with Gasteiger partial charge in [0.2, 0.25) is 11.8 Å². The molecule has 0 heterocycles. The van der Waals surface area contributed by atoms with Crippen LogP contribution in [0.25, 0.3) is 0 Å². The van der Waals surface area contributed by atoms with Gasteiger partial charge in [0.05, 0.1) is 0 Å². The van der Waals surface area contributed by atoms with Crippen molar-refractivity contribution in [2.45, 2.75) is 403 Å². The van der Waals surface area contributed by atoms with Crippen molar-refractivity contribution in [2.75, 3.05) is 0 Å². The van der Waals surface area contributed by atoms with Crippen molar-refractivity contribution in [3.8, 4) is 34.5 Å². The van der Waals surface area contributed by atoms with Gasteiger partial charge in [0, 0.05) is 49.7 Å². The Kier molecular flexibility index (Phi) is 31.0. The zero-order valence-corrected chi connectivity index (χ0v) is 80.2. The second-order valence-electron chi connectivity index (χ2n) is 45.6. The van der Waals surface area contributed by atoms with Crippen LogP contribution in [0.5, 0.6) is 34.5 Å². The number of hydrazine groups is 1. The Labute approximate surface area is 725 Å². The molecule has 121 heavy (non-hydrogen) atoms. The Balaban J connectivity index is 1.36. The molecule has 0 bridgehead atoms. The molecule has 1 atom stereocenters. The summed E-state index contributed by atoms with van der Waals surface area (Å²) >= 11 is 0. The molecule has 0 aliphatic carbocycles. The fourth-order valence-electron chi connectivity index (χ4n) is 15.4. The molecular weight excluding hydrogens is 1520 g/mol. The highest BCUT2D eigenvalue weighted by molar-refractivity contribution is 5.82. The van der Waals surface area contributed by atoms with Crippen LogP contribution < -0.4 is 10.9 Å². The summed E-state index contributed by atoms with van der Waals surface area (Å²) in [5, 5.41) is 83.8. The second-order valence-corrected chi connectivity index (χ2v) is 45.6. The zero-order valence-electron chi connectivity index (χ0n) is 80.2. The minimum atomic E-state index is -3.34. The van der Waals surface area contributed by atoms with Crippen LogP contribution in [-0.4, -0.2) is 77.9 Å². The predicted octanol–water partition coefficient (Wildman–Crippen LogP) is 22.1. The molecular formula is C103H152N2O16. The number of phenols is 6. The van der Waals surface area contributed by atoms with Crippen molar-refractivity contribution in [2.24, 2.45) is 0 Å². The van der Waals surface area contributed by atoms with Crippen LogP contribution in [0.3, 0.4) is 0 Å². The lowest BCUT2D eigenvalue weighted by molar-refractivity contribution is -0.475. The standard InChI is InChI=1S/C103H152N2O16/c1-91(2,3)67-49-61(50-68(85(67)112)92(4,5)6)35-41-79(106)104-105-80(107)42-36-62-51-75(99(25,26)27)89(116)77(59-62)101(31,32)47-48-102(33,34)78-60-66(58-76(90(78)117)100(28,29)30)40-46-84(111)121-103(118-81(108)43-37-63-52-69(93(7,8)9)86(113)70(53-63)94(10,11)12,119-82(109)44-38-64-54-71(95(13,14)15)87(114)72(55-64)96(16,17)18)120-83(110)45-39-65-56-73(97(19,20)21)88(115)74(57-65)98(22,23)24/h49-60,84,111-117H,35-48H2,1-34H3,(H,104,106)(H,105,107). The van der Waals surface area contributed by atoms with Gasteiger partial charge in [0.1, 0.15) is 34.5 Å². The first kappa shape index (κ1) is 101. The Morgan fingerprint density at radius 1 is 0.264 bits per heavy atom. The summed E-state index contributed by atoms with van der Waals surface area (Å²) in [5.74, 6) is -2.92. The Morgan fingerprint density at radius 2 is 0.430 bits per heavy atom. The van der Waals surface area contributed by atoms with Crippen LogP contribution in [0.4, 0.5) is 0 Å². The number of rotatable bonds is 28. The van der Waals surface area contributed by atoms with Gasteiger partial charge < -0.3 is 50.0 Å². The van der Waals surface area contributed by atoms with Crippen LogP contribution in [0, 0.1) is 0 Å². The molecule has 18 heteroatoms. The van der Waals surface area contributed by atoms with Gasteiger partial charge in [0.25, 0.3) is 0 Å². The molecule has 2 amide bonds. The highest BCUT2D eigenvalue weighted by Crippen LogP contribution is 2.50. The van der Waals surface area contributed by atoms with Crippen LogP contribution >= 0.6 is 0 Å². The van der Waals surface area contributed by atoms with Gasteiger partial charge in [-0.25, -0.2) is 4.74 Å². The average molecular weight is 1670 g/mol. The molecule has 0 aliphatic rings. The number of carbonyl (C=O) groups excluding carboxylic acids is 5. The van der Waals surface area contributed by atoms with Gasteiger partial charge in [-0.3, -0.25) is 34.8 Å². The van der Waals surface area contributed by atoms with Gasteiger partial charge in [-0.05, 0) is 205 Å². The SMILES string of the molecule is CC(C)(C)c1cc(CCC(=O)NNC(=O)CCc2cc(C(C)(C)C)c(O)c(C(C)(C)CCC(C)(C)c3cc(CCC(O)OC(OC(=O)CCc4cc(C(C)(C)C)c(O)c(C(C)(C)C)c4)(OC(=O)CCc4cc(C(C)(C)C)c(O)c(C(C)(C)C)c4)OC(=O)CCc4cc(C(C)(C)C)c(O)c(C(C)(C)C)c4)cc(C(C)(C)C)c3O)c2)cc(C(C)(C)C)c1O. The van der Waals surface area contributed by atoms with Crippen molar-refractivity contribution in [3.05, 3.63) is 173 Å². The highest BCUT2D eigenvalue weighted by atomic mass is 17.0. The summed E-state index contributed by atoms with van der Waals surface area (Å²) in [5.41, 5.74) is 11.5. The maximum Gasteiger partial charge on any atom is 0.568 e. The summed E-state index contributed by atoms with van der Waals surface area (Å²) in [7, 11) is 0. The first-order valence-electron chi connectivity index (χ1n) is 43.5. The fraction of sp³-hybridized carbons (Fsp3) is 0.602. The molecule has 18 nitrogen and oxygen atoms in total. The molecule has 0 radical (unpaired) electrons. The quantitative estimate of drug-likeness (QED) is 0.0125. The zero-order chi connectivity index (χ0) is 92.4. The number of hydrogen-bond acceptors (Lipinski definition) is 16. The lowest BCUT2D eigenvalue weighted by atomic mass is 9.69. The molecule has 0 aliphatic heterocycles. The predicted molar refractivity (Wildman–Crippen MR) is 485 cm³/mol. The number of carbonyl (C=O) groups is 5. The number of aryl methyl sites for hydroxylation is 6. The number of ether oxygens (including phenoxy) is 4. The van der Waals surface area contributed by atoms with Crippen LogP contribution in [-0.2, 0) is 146 Å². The molecule has 0 saturated heterocycles. The third-order valence-electron chi connectivity index (χ3n) is 23.1. The highest BCUT2D eigenvalue weighted by Gasteiger charge is 2.49. The van der Waals surface area contributed by atoms with E-state index in [-0.39, 0.29) is 121 Å². The molecule has 670 valence electrons. The third-order valence-corrected chi connectivity index (χ3v) is 23.1. The van der Waals surface area contributed by atoms with Gasteiger partial charge >= 0.3 is 24.1 Å². The molecule has 0 saturated carbocycles. The fourth-order valence-corrected chi connectivity index (χ4v) is 15.4. The van der Waals surface area contributed by atoms with Crippen molar-refractivity contribution in [3.63, 3.8) is 0 Å². The van der Waals surface area contributed by atoms with E-state index in [0.29, 0.717) is 104 Å². The summed E-state index contributed by atoms with van der Waals surface area (Å²) in [4.78, 5) is 71.7. The summed E-state index contributed by atoms with van der Waals surface area (Å²) in [6.45, 7) is 68.1. The Morgan fingerprint density at radius 3 is 0.620 bits per heavy atom. The molecule has 0 fully saturated rings. The van der Waals surface area contributed by atoms with E-state index in [9.17, 15) is 59.7 Å². The normalized spacial score (nSPS) is 13.6. The minimum Gasteiger partial charge on any atom is -0.507 e. The summed E-state index contributed by atoms with van der Waals surface area (Å²) in [6.07, 6.45) is -4.74. The number of benzene rings is 6. The monoisotopic (exact) mass is 1670 g/mol. The lowest BCUT2D eigenvalue weighted by Gasteiger charge is -2.35. The number of amides is 2. The average Bonchev–Trinajstić information content (AvgIpc) is 1.38. The number of aliphatic hydroxyl groups is 1. The van der Waals surface area contributed by atoms with E-state index in [2.05, 4.69) is 24.7 Å². The lowest BCUT2D eigenvalue weighted by Crippen LogP contribution is -2.49. The summed E-state index contributed by atoms with van der Waals surface area (Å²) < 4.78 is 24.9. The number of aliphatic hydroxyl groups excluding tert-OH is 1. The second kappa shape index (κ2) is 37.1. The van der Waals surface area contributed by atoms with Crippen molar-refractivity contribution in [1.29, 1.82) is 0 Å². The van der Waals surface area contributed by atoms with Crippen LogP contribution in [0.1, 0.15) is 387 Å². The molecule has 0 spiro atoms. The molecule has 6 rings (SSSR count). The minimum absolute atomic E-state index is 0.0368. The van der Waals surface area contributed by atoms with Crippen LogP contribution in [0.2, 0.25) is 0 Å². The topological polar surface area (TPSA) is 288 Å². The van der Waals surface area contributed by atoms with Crippen molar-refractivity contribution in [1.82, 2.24) is 10.9 Å². The van der Waals surface area contributed by atoms with E-state index < -0.39 is 84.5 Å². The number of phenolic OH excluding ortho intramolecular Hbond substituents is 6. The molecule has 9 N–H and O–H groups in total. The Hall–Kier alpha value is -8.61. The van der Waals surface area contributed by atoms with E-state index in [1.54, 1.807) is 0 Å². The first-order chi connectivity index (χ1) is 54.7. The van der Waals surface area contributed by atoms with Gasteiger partial charge in [0.15, 0.2) is 6.29 Å². The van der Waals surface area contributed by atoms with E-state index in [0.717, 1.165) is 22.3 Å². The van der Waals surface area contributed by atoms with E-state index in [4.69, 9.17) is 18.9 Å². The van der Waals surface area contributed by atoms with Crippen molar-refractivity contribution < 1.29 is 78.7 Å². The molecule has 6 aromatic rings. The van der Waals surface area contributed by atoms with Crippen LogP contribution in [0.15, 0.2) is 72.8 Å². The Bertz CT molecular complexity index is 4350. The number of aromatic hydroxyl groups is 6. The number of hydrogen-bond donors (Lipinski definition) is 9. The van der Waals surface area contributed by atoms with Crippen molar-refractivity contribution >= 4 is 29.7 Å². The van der Waals surface area contributed by atoms with E-state index >= 15 is 0 Å².